The van der Waals surface area contributed by atoms with Crippen molar-refractivity contribution in [2.75, 3.05) is 17.2 Å². The van der Waals surface area contributed by atoms with E-state index in [1.807, 2.05) is 6.92 Å². The van der Waals surface area contributed by atoms with Crippen molar-refractivity contribution in [3.8, 4) is 11.9 Å². The molecule has 0 saturated heterocycles. The predicted octanol–water partition coefficient (Wildman–Crippen LogP) is 4.22. The number of nitriles is 1. The van der Waals surface area contributed by atoms with E-state index in [0.29, 0.717) is 23.7 Å². The molecule has 0 aliphatic carbocycles. The Bertz CT molecular complexity index is 978. The lowest BCUT2D eigenvalue weighted by Crippen LogP contribution is -2.32. The van der Waals surface area contributed by atoms with Gasteiger partial charge in [0.1, 0.15) is 22.6 Å². The Labute approximate surface area is 172 Å². The Hall–Kier alpha value is -3.03. The van der Waals surface area contributed by atoms with Crippen LogP contribution in [-0.2, 0) is 11.7 Å². The molecule has 0 spiro atoms. The van der Waals surface area contributed by atoms with Gasteiger partial charge in [-0.2, -0.15) is 28.5 Å². The third-order valence-electron chi connectivity index (χ3n) is 5.18. The van der Waals surface area contributed by atoms with Crippen LogP contribution in [0, 0.1) is 24.2 Å². The van der Waals surface area contributed by atoms with Crippen LogP contribution in [0.15, 0.2) is 6.20 Å². The number of nitrogens with zero attached hydrogens (tertiary/aromatic N) is 5. The van der Waals surface area contributed by atoms with E-state index >= 15 is 0 Å². The van der Waals surface area contributed by atoms with Gasteiger partial charge in [0.25, 0.3) is 0 Å². The molecule has 162 valence electrons. The van der Waals surface area contributed by atoms with E-state index in [1.54, 1.807) is 27.7 Å². The second kappa shape index (κ2) is 7.66. The maximum Gasteiger partial charge on any atom is 0.421 e. The largest absolute Gasteiger partial charge is 0.476 e. The van der Waals surface area contributed by atoms with E-state index in [0.717, 1.165) is 6.20 Å². The minimum absolute atomic E-state index is 0.0325. The van der Waals surface area contributed by atoms with Gasteiger partial charge in [0.05, 0.1) is 18.4 Å². The van der Waals surface area contributed by atoms with Crippen LogP contribution in [0.1, 0.15) is 45.4 Å². The molecule has 3 heterocycles. The average Bonchev–Trinajstić information content (AvgIpc) is 2.97. The van der Waals surface area contributed by atoms with Gasteiger partial charge in [-0.1, -0.05) is 6.92 Å². The first kappa shape index (κ1) is 21.7. The maximum atomic E-state index is 13.5. The van der Waals surface area contributed by atoms with Crippen molar-refractivity contribution < 1.29 is 17.9 Å². The van der Waals surface area contributed by atoms with Crippen molar-refractivity contribution in [2.45, 2.75) is 58.8 Å². The molecular weight excluding hydrogens is 399 g/mol. The highest BCUT2D eigenvalue weighted by Crippen LogP contribution is 2.38. The van der Waals surface area contributed by atoms with Crippen molar-refractivity contribution in [1.82, 2.24) is 19.7 Å². The SMILES string of the molecule is CC[C@H]1COc2c(c(C)nn2C(C)(C)C#N)Nc2ncc(C(F)(F)F)c(n2)N[C@@H]1C. The van der Waals surface area contributed by atoms with Gasteiger partial charge in [-0.25, -0.2) is 9.67 Å². The van der Waals surface area contributed by atoms with Gasteiger partial charge < -0.3 is 15.4 Å². The second-order valence-electron chi connectivity index (χ2n) is 7.84. The summed E-state index contributed by atoms with van der Waals surface area (Å²) in [4.78, 5) is 7.92. The minimum atomic E-state index is -4.60. The molecule has 0 fully saturated rings. The van der Waals surface area contributed by atoms with Gasteiger partial charge in [-0.15, -0.1) is 0 Å². The highest BCUT2D eigenvalue weighted by atomic mass is 19.4. The Morgan fingerprint density at radius 3 is 2.67 bits per heavy atom. The fraction of sp³-hybridized carbons (Fsp3) is 0.579. The second-order valence-corrected chi connectivity index (χ2v) is 7.84. The Morgan fingerprint density at radius 2 is 2.07 bits per heavy atom. The Morgan fingerprint density at radius 1 is 1.37 bits per heavy atom. The molecular formula is C19H24F3N7O. The summed E-state index contributed by atoms with van der Waals surface area (Å²) in [7, 11) is 0. The average molecular weight is 423 g/mol. The number of halogens is 3. The number of fused-ring (bicyclic) bond motifs is 3. The molecule has 8 nitrogen and oxygen atoms in total. The number of rotatable bonds is 2. The molecule has 2 aromatic heterocycles. The van der Waals surface area contributed by atoms with Crippen LogP contribution in [-0.4, -0.2) is 32.4 Å². The normalized spacial score (nSPS) is 19.4. The zero-order valence-electron chi connectivity index (χ0n) is 17.4. The molecule has 0 radical (unpaired) electrons. The van der Waals surface area contributed by atoms with Crippen LogP contribution in [0.4, 0.5) is 30.6 Å². The molecule has 2 N–H and O–H groups in total. The summed E-state index contributed by atoms with van der Waals surface area (Å²) in [5.41, 5.74) is -1.02. The summed E-state index contributed by atoms with van der Waals surface area (Å²) < 4.78 is 47.9. The minimum Gasteiger partial charge on any atom is -0.476 e. The molecule has 0 saturated carbocycles. The third kappa shape index (κ3) is 3.99. The lowest BCUT2D eigenvalue weighted by Gasteiger charge is -2.26. The summed E-state index contributed by atoms with van der Waals surface area (Å²) in [6, 6.07) is 1.83. The number of hydrogen-bond donors (Lipinski definition) is 2. The first-order valence-corrected chi connectivity index (χ1v) is 9.59. The number of anilines is 3. The monoisotopic (exact) mass is 423 g/mol. The first-order chi connectivity index (χ1) is 14.0. The number of hydrogen-bond acceptors (Lipinski definition) is 7. The predicted molar refractivity (Wildman–Crippen MR) is 105 cm³/mol. The van der Waals surface area contributed by atoms with Gasteiger partial charge >= 0.3 is 6.18 Å². The molecule has 30 heavy (non-hydrogen) atoms. The Kier molecular flexibility index (Phi) is 5.54. The fourth-order valence-electron chi connectivity index (χ4n) is 3.22. The van der Waals surface area contributed by atoms with Crippen LogP contribution >= 0.6 is 0 Å². The van der Waals surface area contributed by atoms with Gasteiger partial charge in [0.15, 0.2) is 0 Å². The van der Waals surface area contributed by atoms with Gasteiger partial charge in [0, 0.05) is 18.2 Å². The van der Waals surface area contributed by atoms with Gasteiger partial charge in [-0.3, -0.25) is 0 Å². The zero-order chi connectivity index (χ0) is 22.3. The molecule has 2 atom stereocenters. The van der Waals surface area contributed by atoms with E-state index in [9.17, 15) is 18.4 Å². The van der Waals surface area contributed by atoms with E-state index < -0.39 is 17.3 Å². The quantitative estimate of drug-likeness (QED) is 0.746. The van der Waals surface area contributed by atoms with Crippen LogP contribution in [0.3, 0.4) is 0 Å². The van der Waals surface area contributed by atoms with Crippen molar-refractivity contribution in [3.05, 3.63) is 17.5 Å². The fourth-order valence-corrected chi connectivity index (χ4v) is 3.22. The lowest BCUT2D eigenvalue weighted by molar-refractivity contribution is -0.137. The standard InChI is InChI=1S/C19H24F3N7O/c1-6-12-8-30-16-14(11(3)28-29(16)18(4,5)9-23)26-17-24-7-13(19(20,21)22)15(27-17)25-10(12)2/h7,10,12H,6,8H2,1-5H3,(H2,24,25,26,27)/t10-,12+/m1/s1. The molecule has 1 aliphatic rings. The number of aryl methyl sites for hydroxylation is 1. The van der Waals surface area contributed by atoms with E-state index in [2.05, 4.69) is 31.8 Å². The molecule has 2 bridgehead atoms. The van der Waals surface area contributed by atoms with Crippen molar-refractivity contribution in [1.29, 1.82) is 5.26 Å². The topological polar surface area (TPSA) is 101 Å². The molecule has 2 aromatic rings. The molecule has 11 heteroatoms. The number of ether oxygens (including phenoxy) is 1. The molecule has 3 rings (SSSR count). The lowest BCUT2D eigenvalue weighted by atomic mass is 9.99. The zero-order valence-corrected chi connectivity index (χ0v) is 17.4. The van der Waals surface area contributed by atoms with E-state index in [4.69, 9.17) is 4.74 Å². The molecule has 0 unspecified atom stereocenters. The highest BCUT2D eigenvalue weighted by molar-refractivity contribution is 5.65. The molecule has 0 aromatic carbocycles. The highest BCUT2D eigenvalue weighted by Gasteiger charge is 2.37. The van der Waals surface area contributed by atoms with Gasteiger partial charge in [0.2, 0.25) is 11.8 Å². The third-order valence-corrected chi connectivity index (χ3v) is 5.18. The number of aromatic nitrogens is 4. The van der Waals surface area contributed by atoms with Crippen LogP contribution in [0.2, 0.25) is 0 Å². The van der Waals surface area contributed by atoms with Gasteiger partial charge in [-0.05, 0) is 34.1 Å². The van der Waals surface area contributed by atoms with Crippen molar-refractivity contribution in [3.63, 3.8) is 0 Å². The first-order valence-electron chi connectivity index (χ1n) is 9.59. The summed E-state index contributed by atoms with van der Waals surface area (Å²) >= 11 is 0. The smallest absolute Gasteiger partial charge is 0.421 e. The number of nitrogens with one attached hydrogen (secondary N) is 2. The summed E-state index contributed by atoms with van der Waals surface area (Å²) in [6.45, 7) is 9.04. The molecule has 0 amide bonds. The van der Waals surface area contributed by atoms with Crippen molar-refractivity contribution >= 4 is 17.5 Å². The number of alkyl halides is 3. The van der Waals surface area contributed by atoms with Crippen molar-refractivity contribution in [2.24, 2.45) is 5.92 Å². The van der Waals surface area contributed by atoms with Crippen LogP contribution in [0.5, 0.6) is 5.88 Å². The summed E-state index contributed by atoms with van der Waals surface area (Å²) in [5, 5.41) is 19.8. The Balaban J connectivity index is 2.18. The molecule has 1 aliphatic heterocycles. The van der Waals surface area contributed by atoms with E-state index in [-0.39, 0.29) is 30.3 Å². The van der Waals surface area contributed by atoms with Crippen LogP contribution in [0.25, 0.3) is 0 Å². The maximum absolute atomic E-state index is 13.5. The summed E-state index contributed by atoms with van der Waals surface area (Å²) in [5.74, 6) is -0.132. The van der Waals surface area contributed by atoms with E-state index in [1.165, 1.54) is 4.68 Å². The summed E-state index contributed by atoms with van der Waals surface area (Å²) in [6.07, 6.45) is -3.19. The van der Waals surface area contributed by atoms with Crippen LogP contribution < -0.4 is 15.4 Å².